The molecule has 7 nitrogen and oxygen atoms in total. The fourth-order valence-corrected chi connectivity index (χ4v) is 4.20. The highest BCUT2D eigenvalue weighted by Crippen LogP contribution is 2.42. The number of carboxylic acid groups (broad SMARTS) is 1. The Morgan fingerprint density at radius 3 is 2.52 bits per heavy atom. The van der Waals surface area contributed by atoms with E-state index >= 15 is 0 Å². The molecule has 7 heteroatoms. The summed E-state index contributed by atoms with van der Waals surface area (Å²) in [5, 5.41) is 9.68. The number of carbonyl (C=O) groups is 2. The van der Waals surface area contributed by atoms with Crippen LogP contribution < -0.4 is 0 Å². The van der Waals surface area contributed by atoms with Crippen molar-refractivity contribution in [1.29, 1.82) is 0 Å². The van der Waals surface area contributed by atoms with E-state index in [-0.39, 0.29) is 30.6 Å². The van der Waals surface area contributed by atoms with Crippen LogP contribution in [0.5, 0.6) is 0 Å². The van der Waals surface area contributed by atoms with E-state index in [0.717, 1.165) is 0 Å². The predicted molar refractivity (Wildman–Crippen MR) is 82.0 cm³/mol. The van der Waals surface area contributed by atoms with E-state index in [1.165, 1.54) is 0 Å². The van der Waals surface area contributed by atoms with Crippen LogP contribution in [0.4, 0.5) is 0 Å². The van der Waals surface area contributed by atoms with Crippen LogP contribution in [0.2, 0.25) is 0 Å². The van der Waals surface area contributed by atoms with E-state index in [1.807, 2.05) is 23.6 Å². The lowest BCUT2D eigenvalue weighted by Crippen LogP contribution is -2.51. The third kappa shape index (κ3) is 3.22. The maximum Gasteiger partial charge on any atom is 0.311 e. The lowest BCUT2D eigenvalue weighted by Gasteiger charge is -2.36. The van der Waals surface area contributed by atoms with Gasteiger partial charge in [-0.2, -0.15) is 0 Å². The SMILES string of the molecule is C[C@@H]1CN(C(=O)CN2C[C@@H]3COCC[C@]3(C(=O)O)C2)C[C@H](C)O1. The summed E-state index contributed by atoms with van der Waals surface area (Å²) in [6, 6.07) is 0. The molecule has 1 amide bonds. The molecule has 130 valence electrons. The highest BCUT2D eigenvalue weighted by Gasteiger charge is 2.54. The van der Waals surface area contributed by atoms with Gasteiger partial charge in [0.1, 0.15) is 0 Å². The second-order valence-corrected chi connectivity index (χ2v) is 7.21. The van der Waals surface area contributed by atoms with Gasteiger partial charge < -0.3 is 19.5 Å². The van der Waals surface area contributed by atoms with Crippen molar-refractivity contribution >= 4 is 11.9 Å². The summed E-state index contributed by atoms with van der Waals surface area (Å²) in [7, 11) is 0. The number of aliphatic carboxylic acids is 1. The van der Waals surface area contributed by atoms with Gasteiger partial charge in [-0.05, 0) is 20.3 Å². The quantitative estimate of drug-likeness (QED) is 0.789. The minimum Gasteiger partial charge on any atom is -0.481 e. The Balaban J connectivity index is 1.62. The number of carboxylic acids is 1. The normalized spacial score (nSPS) is 38.3. The Morgan fingerprint density at radius 2 is 1.91 bits per heavy atom. The molecule has 4 atom stereocenters. The Morgan fingerprint density at radius 1 is 1.22 bits per heavy atom. The van der Waals surface area contributed by atoms with E-state index < -0.39 is 11.4 Å². The molecule has 1 N–H and O–H groups in total. The molecule has 0 saturated carbocycles. The molecule has 3 aliphatic heterocycles. The summed E-state index contributed by atoms with van der Waals surface area (Å²) < 4.78 is 11.1. The average molecular weight is 326 g/mol. The molecule has 0 spiro atoms. The van der Waals surface area contributed by atoms with Gasteiger partial charge in [0, 0.05) is 38.7 Å². The zero-order valence-corrected chi connectivity index (χ0v) is 13.9. The molecular formula is C16H26N2O5. The van der Waals surface area contributed by atoms with E-state index in [0.29, 0.717) is 45.8 Å². The van der Waals surface area contributed by atoms with Gasteiger partial charge in [0.05, 0.1) is 30.8 Å². The molecule has 0 aromatic carbocycles. The largest absolute Gasteiger partial charge is 0.481 e. The monoisotopic (exact) mass is 326 g/mol. The van der Waals surface area contributed by atoms with E-state index in [9.17, 15) is 14.7 Å². The molecule has 3 rings (SSSR count). The Bertz CT molecular complexity index is 475. The maximum absolute atomic E-state index is 12.6. The van der Waals surface area contributed by atoms with Crippen LogP contribution in [-0.2, 0) is 19.1 Å². The van der Waals surface area contributed by atoms with Gasteiger partial charge in [0.25, 0.3) is 0 Å². The lowest BCUT2D eigenvalue weighted by molar-refractivity contribution is -0.157. The highest BCUT2D eigenvalue weighted by molar-refractivity contribution is 5.79. The van der Waals surface area contributed by atoms with Gasteiger partial charge in [0.15, 0.2) is 0 Å². The number of hydrogen-bond acceptors (Lipinski definition) is 5. The zero-order chi connectivity index (χ0) is 16.6. The smallest absolute Gasteiger partial charge is 0.311 e. The van der Waals surface area contributed by atoms with Crippen molar-refractivity contribution in [3.63, 3.8) is 0 Å². The fraction of sp³-hybridized carbons (Fsp3) is 0.875. The summed E-state index contributed by atoms with van der Waals surface area (Å²) in [6.45, 7) is 7.46. The van der Waals surface area contributed by atoms with Crippen LogP contribution in [0.15, 0.2) is 0 Å². The van der Waals surface area contributed by atoms with Crippen molar-refractivity contribution in [2.45, 2.75) is 32.5 Å². The number of ether oxygens (including phenoxy) is 2. The van der Waals surface area contributed by atoms with Gasteiger partial charge in [-0.3, -0.25) is 14.5 Å². The summed E-state index contributed by atoms with van der Waals surface area (Å²) in [6.07, 6.45) is 0.619. The maximum atomic E-state index is 12.6. The molecule has 0 radical (unpaired) electrons. The van der Waals surface area contributed by atoms with Crippen LogP contribution in [0.1, 0.15) is 20.3 Å². The van der Waals surface area contributed by atoms with Crippen LogP contribution in [0.25, 0.3) is 0 Å². The van der Waals surface area contributed by atoms with Crippen LogP contribution in [-0.4, -0.2) is 84.9 Å². The fourth-order valence-electron chi connectivity index (χ4n) is 4.20. The number of rotatable bonds is 3. The average Bonchev–Trinajstić information content (AvgIpc) is 2.85. The second kappa shape index (κ2) is 6.37. The van der Waals surface area contributed by atoms with E-state index in [4.69, 9.17) is 9.47 Å². The van der Waals surface area contributed by atoms with Crippen molar-refractivity contribution in [1.82, 2.24) is 9.80 Å². The first kappa shape index (κ1) is 16.7. The van der Waals surface area contributed by atoms with Crippen molar-refractivity contribution in [3.05, 3.63) is 0 Å². The third-order valence-electron chi connectivity index (χ3n) is 5.33. The lowest BCUT2D eigenvalue weighted by atomic mass is 9.74. The molecule has 0 aromatic heterocycles. The van der Waals surface area contributed by atoms with Gasteiger partial charge in [-0.1, -0.05) is 0 Å². The van der Waals surface area contributed by atoms with Gasteiger partial charge in [-0.15, -0.1) is 0 Å². The Labute approximate surface area is 136 Å². The first-order chi connectivity index (χ1) is 10.9. The minimum atomic E-state index is -0.755. The topological polar surface area (TPSA) is 79.3 Å². The molecule has 0 aliphatic carbocycles. The van der Waals surface area contributed by atoms with Crippen molar-refractivity contribution in [2.75, 3.05) is 45.9 Å². The summed E-state index contributed by atoms with van der Waals surface area (Å²) in [4.78, 5) is 28.2. The minimum absolute atomic E-state index is 0.0240. The second-order valence-electron chi connectivity index (χ2n) is 7.21. The molecule has 0 unspecified atom stereocenters. The van der Waals surface area contributed by atoms with Crippen molar-refractivity contribution in [2.24, 2.45) is 11.3 Å². The van der Waals surface area contributed by atoms with E-state index in [2.05, 4.69) is 0 Å². The van der Waals surface area contributed by atoms with Gasteiger partial charge in [0.2, 0.25) is 5.91 Å². The highest BCUT2D eigenvalue weighted by atomic mass is 16.5. The molecule has 0 aromatic rings. The molecule has 3 heterocycles. The predicted octanol–water partition coefficient (Wildman–Crippen LogP) is 0.0453. The first-order valence-electron chi connectivity index (χ1n) is 8.37. The number of likely N-dealkylation sites (tertiary alicyclic amines) is 1. The standard InChI is InChI=1S/C16H26N2O5/c1-11-5-18(6-12(2)23-11)14(19)8-17-7-13-9-22-4-3-16(13,10-17)15(20)21/h11-13H,3-10H2,1-2H3,(H,20,21)/t11-,12+,13-,16+/m1/s1. The molecular weight excluding hydrogens is 300 g/mol. The number of fused-ring (bicyclic) bond motifs is 1. The first-order valence-corrected chi connectivity index (χ1v) is 8.37. The summed E-state index contributed by atoms with van der Waals surface area (Å²) >= 11 is 0. The van der Waals surface area contributed by atoms with Gasteiger partial charge in [-0.25, -0.2) is 0 Å². The van der Waals surface area contributed by atoms with Crippen LogP contribution >= 0.6 is 0 Å². The van der Waals surface area contributed by atoms with E-state index in [1.54, 1.807) is 0 Å². The summed E-state index contributed by atoms with van der Waals surface area (Å²) in [5.41, 5.74) is -0.746. The Hall–Kier alpha value is -1.18. The molecule has 3 fully saturated rings. The van der Waals surface area contributed by atoms with Crippen molar-refractivity contribution in [3.8, 4) is 0 Å². The number of hydrogen-bond donors (Lipinski definition) is 1. The van der Waals surface area contributed by atoms with Crippen LogP contribution in [0.3, 0.4) is 0 Å². The molecule has 3 aliphatic rings. The Kier molecular flexibility index (Phi) is 4.62. The number of amides is 1. The molecule has 3 saturated heterocycles. The zero-order valence-electron chi connectivity index (χ0n) is 13.9. The number of morpholine rings is 1. The molecule has 23 heavy (non-hydrogen) atoms. The molecule has 0 bridgehead atoms. The van der Waals surface area contributed by atoms with Gasteiger partial charge >= 0.3 is 5.97 Å². The number of carbonyl (C=O) groups excluding carboxylic acids is 1. The van der Waals surface area contributed by atoms with Crippen molar-refractivity contribution < 1.29 is 24.2 Å². The third-order valence-corrected chi connectivity index (χ3v) is 5.33. The summed E-state index contributed by atoms with van der Waals surface area (Å²) in [5.74, 6) is -0.717. The number of nitrogens with zero attached hydrogens (tertiary/aromatic N) is 2. The van der Waals surface area contributed by atoms with Crippen LogP contribution in [0, 0.1) is 11.3 Å².